The van der Waals surface area contributed by atoms with Crippen LogP contribution in [0.4, 0.5) is 5.69 Å². The molecule has 0 aliphatic carbocycles. The molecule has 0 saturated carbocycles. The summed E-state index contributed by atoms with van der Waals surface area (Å²) in [7, 11) is 1.34. The Hall–Kier alpha value is -3.06. The van der Waals surface area contributed by atoms with E-state index in [-0.39, 0.29) is 18.5 Å². The Kier molecular flexibility index (Phi) is 5.90. The van der Waals surface area contributed by atoms with E-state index in [1.807, 2.05) is 19.1 Å². The number of hydrogen-bond acceptors (Lipinski definition) is 6. The van der Waals surface area contributed by atoms with Gasteiger partial charge in [-0.15, -0.1) is 0 Å². The van der Waals surface area contributed by atoms with Crippen molar-refractivity contribution < 1.29 is 23.8 Å². The number of ether oxygens (including phenoxy) is 3. The summed E-state index contributed by atoms with van der Waals surface area (Å²) in [6.45, 7) is 4.15. The van der Waals surface area contributed by atoms with E-state index >= 15 is 0 Å². The van der Waals surface area contributed by atoms with Crippen LogP contribution in [0.15, 0.2) is 36.4 Å². The molecule has 158 valence electrons. The number of fused-ring (bicyclic) bond motifs is 1. The SMILES string of the molecule is COC(=O)c1ccc(C)c(NC(=O)CN2CCCC2c2ccc3c(c2)OCCO3)c1. The molecule has 1 amide bonds. The number of anilines is 1. The number of nitrogens with one attached hydrogen (secondary N) is 1. The molecule has 2 aliphatic rings. The molecule has 0 aromatic heterocycles. The van der Waals surface area contributed by atoms with Crippen LogP contribution in [0.2, 0.25) is 0 Å². The van der Waals surface area contributed by atoms with E-state index in [1.54, 1.807) is 18.2 Å². The molecule has 0 radical (unpaired) electrons. The summed E-state index contributed by atoms with van der Waals surface area (Å²) >= 11 is 0. The Labute approximate surface area is 175 Å². The average Bonchev–Trinajstić information content (AvgIpc) is 3.22. The first-order chi connectivity index (χ1) is 14.5. The van der Waals surface area contributed by atoms with Gasteiger partial charge in [0.05, 0.1) is 19.2 Å². The zero-order valence-corrected chi connectivity index (χ0v) is 17.3. The third-order valence-electron chi connectivity index (χ3n) is 5.59. The van der Waals surface area contributed by atoms with Gasteiger partial charge < -0.3 is 19.5 Å². The van der Waals surface area contributed by atoms with Gasteiger partial charge >= 0.3 is 5.97 Å². The van der Waals surface area contributed by atoms with Gasteiger partial charge in [0, 0.05) is 11.7 Å². The van der Waals surface area contributed by atoms with Crippen molar-refractivity contribution in [1.29, 1.82) is 0 Å². The van der Waals surface area contributed by atoms with E-state index in [1.165, 1.54) is 7.11 Å². The fourth-order valence-corrected chi connectivity index (χ4v) is 4.04. The molecule has 30 heavy (non-hydrogen) atoms. The predicted molar refractivity (Wildman–Crippen MR) is 112 cm³/mol. The fraction of sp³-hybridized carbons (Fsp3) is 0.391. The monoisotopic (exact) mass is 410 g/mol. The van der Waals surface area contributed by atoms with Crippen molar-refractivity contribution in [3.8, 4) is 11.5 Å². The summed E-state index contributed by atoms with van der Waals surface area (Å²) in [6.07, 6.45) is 2.02. The topological polar surface area (TPSA) is 77.1 Å². The van der Waals surface area contributed by atoms with Crippen molar-refractivity contribution in [3.63, 3.8) is 0 Å². The third-order valence-corrected chi connectivity index (χ3v) is 5.59. The van der Waals surface area contributed by atoms with Crippen molar-refractivity contribution in [2.45, 2.75) is 25.8 Å². The highest BCUT2D eigenvalue weighted by molar-refractivity contribution is 5.96. The van der Waals surface area contributed by atoms with Crippen LogP contribution in [-0.4, -0.2) is 50.2 Å². The quantitative estimate of drug-likeness (QED) is 0.762. The summed E-state index contributed by atoms with van der Waals surface area (Å²) in [5.74, 6) is 1.01. The summed E-state index contributed by atoms with van der Waals surface area (Å²) in [5.41, 5.74) is 3.06. The predicted octanol–water partition coefficient (Wildman–Crippen LogP) is 3.33. The van der Waals surface area contributed by atoms with Gasteiger partial charge in [-0.2, -0.15) is 0 Å². The molecule has 2 aromatic carbocycles. The maximum absolute atomic E-state index is 12.8. The number of esters is 1. The lowest BCUT2D eigenvalue weighted by molar-refractivity contribution is -0.117. The molecule has 0 bridgehead atoms. The Morgan fingerprint density at radius 2 is 1.93 bits per heavy atom. The van der Waals surface area contributed by atoms with Crippen molar-refractivity contribution in [3.05, 3.63) is 53.1 Å². The van der Waals surface area contributed by atoms with Gasteiger partial charge in [0.1, 0.15) is 13.2 Å². The maximum Gasteiger partial charge on any atom is 0.337 e. The fourth-order valence-electron chi connectivity index (χ4n) is 4.04. The van der Waals surface area contributed by atoms with E-state index in [0.29, 0.717) is 24.5 Å². The zero-order chi connectivity index (χ0) is 21.1. The van der Waals surface area contributed by atoms with Gasteiger partial charge in [-0.25, -0.2) is 4.79 Å². The van der Waals surface area contributed by atoms with Crippen molar-refractivity contribution >= 4 is 17.6 Å². The van der Waals surface area contributed by atoms with Crippen LogP contribution in [0.25, 0.3) is 0 Å². The van der Waals surface area contributed by atoms with Crippen molar-refractivity contribution in [2.24, 2.45) is 0 Å². The smallest absolute Gasteiger partial charge is 0.337 e. The number of carbonyl (C=O) groups excluding carboxylic acids is 2. The van der Waals surface area contributed by atoms with Crippen LogP contribution in [0.5, 0.6) is 11.5 Å². The molecular formula is C23H26N2O5. The molecular weight excluding hydrogens is 384 g/mol. The number of carbonyl (C=O) groups is 2. The number of hydrogen-bond donors (Lipinski definition) is 1. The molecule has 1 atom stereocenters. The van der Waals surface area contributed by atoms with E-state index in [2.05, 4.69) is 16.3 Å². The summed E-state index contributed by atoms with van der Waals surface area (Å²) in [6, 6.07) is 11.3. The summed E-state index contributed by atoms with van der Waals surface area (Å²) in [5, 5.41) is 2.95. The second-order valence-electron chi connectivity index (χ2n) is 7.60. The lowest BCUT2D eigenvalue weighted by atomic mass is 10.0. The molecule has 1 fully saturated rings. The first kappa shape index (κ1) is 20.2. The first-order valence-electron chi connectivity index (χ1n) is 10.2. The molecule has 0 spiro atoms. The van der Waals surface area contributed by atoms with Crippen LogP contribution in [-0.2, 0) is 9.53 Å². The van der Waals surface area contributed by atoms with Crippen LogP contribution >= 0.6 is 0 Å². The second-order valence-corrected chi connectivity index (χ2v) is 7.60. The van der Waals surface area contributed by atoms with Gasteiger partial charge in [0.15, 0.2) is 11.5 Å². The standard InChI is InChI=1S/C23H26N2O5/c1-15-5-6-17(23(27)28-2)12-18(15)24-22(26)14-25-9-3-4-19(25)16-7-8-20-21(13-16)30-11-10-29-20/h5-8,12-13,19H,3-4,9-11,14H2,1-2H3,(H,24,26). The minimum Gasteiger partial charge on any atom is -0.486 e. The van der Waals surface area contributed by atoms with Gasteiger partial charge in [-0.1, -0.05) is 12.1 Å². The molecule has 1 unspecified atom stereocenters. The molecule has 1 saturated heterocycles. The minimum absolute atomic E-state index is 0.107. The largest absolute Gasteiger partial charge is 0.486 e. The molecule has 2 heterocycles. The number of likely N-dealkylation sites (tertiary alicyclic amines) is 1. The molecule has 2 aromatic rings. The Bertz CT molecular complexity index is 959. The Balaban J connectivity index is 1.45. The second kappa shape index (κ2) is 8.75. The molecule has 2 aliphatic heterocycles. The number of benzene rings is 2. The van der Waals surface area contributed by atoms with E-state index < -0.39 is 5.97 Å². The van der Waals surface area contributed by atoms with Crippen LogP contribution < -0.4 is 14.8 Å². The first-order valence-corrected chi connectivity index (χ1v) is 10.2. The summed E-state index contributed by atoms with van der Waals surface area (Å²) in [4.78, 5) is 26.7. The highest BCUT2D eigenvalue weighted by Gasteiger charge is 2.29. The Morgan fingerprint density at radius 1 is 1.13 bits per heavy atom. The van der Waals surface area contributed by atoms with Crippen molar-refractivity contribution in [1.82, 2.24) is 4.90 Å². The van der Waals surface area contributed by atoms with Crippen LogP contribution in [0.1, 0.15) is 40.4 Å². The normalized spacial score (nSPS) is 18.1. The van der Waals surface area contributed by atoms with Gasteiger partial charge in [0.25, 0.3) is 0 Å². The number of rotatable bonds is 5. The number of amides is 1. The van der Waals surface area contributed by atoms with Gasteiger partial charge in [0.2, 0.25) is 5.91 Å². The van der Waals surface area contributed by atoms with Gasteiger partial charge in [-0.3, -0.25) is 9.69 Å². The lowest BCUT2D eigenvalue weighted by Gasteiger charge is -2.26. The number of nitrogens with zero attached hydrogens (tertiary/aromatic N) is 1. The highest BCUT2D eigenvalue weighted by atomic mass is 16.6. The Morgan fingerprint density at radius 3 is 2.73 bits per heavy atom. The molecule has 7 nitrogen and oxygen atoms in total. The van der Waals surface area contributed by atoms with E-state index in [9.17, 15) is 9.59 Å². The molecule has 7 heteroatoms. The third kappa shape index (κ3) is 4.26. The average molecular weight is 410 g/mol. The maximum atomic E-state index is 12.8. The number of aryl methyl sites for hydroxylation is 1. The lowest BCUT2D eigenvalue weighted by Crippen LogP contribution is -2.33. The molecule has 1 N–H and O–H groups in total. The molecule has 4 rings (SSSR count). The zero-order valence-electron chi connectivity index (χ0n) is 17.3. The van der Waals surface area contributed by atoms with E-state index in [4.69, 9.17) is 14.2 Å². The number of methoxy groups -OCH3 is 1. The summed E-state index contributed by atoms with van der Waals surface area (Å²) < 4.78 is 16.1. The van der Waals surface area contributed by atoms with Crippen molar-refractivity contribution in [2.75, 3.05) is 38.7 Å². The van der Waals surface area contributed by atoms with Gasteiger partial charge in [-0.05, 0) is 61.7 Å². The van der Waals surface area contributed by atoms with Crippen LogP contribution in [0, 0.1) is 6.92 Å². The van der Waals surface area contributed by atoms with Crippen LogP contribution in [0.3, 0.4) is 0 Å². The minimum atomic E-state index is -0.427. The van der Waals surface area contributed by atoms with E-state index in [0.717, 1.165) is 42.0 Å². The highest BCUT2D eigenvalue weighted by Crippen LogP contribution is 2.38.